The van der Waals surface area contributed by atoms with E-state index in [4.69, 9.17) is 18.6 Å². The van der Waals surface area contributed by atoms with Crippen molar-refractivity contribution in [1.82, 2.24) is 0 Å². The van der Waals surface area contributed by atoms with Crippen molar-refractivity contribution in [2.45, 2.75) is 0 Å². The molecule has 3 aromatic rings. The Morgan fingerprint density at radius 1 is 1.04 bits per heavy atom. The van der Waals surface area contributed by atoms with E-state index >= 15 is 0 Å². The first-order valence-corrected chi connectivity index (χ1v) is 8.35. The zero-order valence-electron chi connectivity index (χ0n) is 15.2. The summed E-state index contributed by atoms with van der Waals surface area (Å²) in [5.41, 5.74) is 2.80. The van der Waals surface area contributed by atoms with Crippen molar-refractivity contribution in [2.75, 3.05) is 20.8 Å². The summed E-state index contributed by atoms with van der Waals surface area (Å²) in [6, 6.07) is 12.9. The van der Waals surface area contributed by atoms with E-state index in [-0.39, 0.29) is 0 Å². The monoisotopic (exact) mass is 364 g/mol. The van der Waals surface area contributed by atoms with Gasteiger partial charge in [-0.25, -0.2) is 0 Å². The second-order valence-electron chi connectivity index (χ2n) is 5.71. The van der Waals surface area contributed by atoms with Crippen LogP contribution in [0.15, 0.2) is 65.8 Å². The summed E-state index contributed by atoms with van der Waals surface area (Å²) in [4.78, 5) is 11.6. The van der Waals surface area contributed by atoms with Crippen LogP contribution in [0.3, 0.4) is 0 Å². The van der Waals surface area contributed by atoms with Gasteiger partial charge in [-0.1, -0.05) is 18.7 Å². The van der Waals surface area contributed by atoms with Crippen LogP contribution in [0.25, 0.3) is 22.5 Å². The highest BCUT2D eigenvalue weighted by Crippen LogP contribution is 2.40. The Balaban J connectivity index is 2.16. The van der Waals surface area contributed by atoms with Crippen molar-refractivity contribution < 1.29 is 23.4 Å². The highest BCUT2D eigenvalue weighted by molar-refractivity contribution is 5.90. The lowest BCUT2D eigenvalue weighted by atomic mass is 9.97. The molecule has 5 heteroatoms. The molecule has 0 aliphatic carbocycles. The van der Waals surface area contributed by atoms with Crippen LogP contribution in [-0.4, -0.2) is 27.1 Å². The standard InChI is InChI=1S/C22H20O5/c1-4-9-26-20-8-7-15(13-21(20)24-2)18-12-16(19-6-5-10-27-19)11-17(14-23)22(18)25-3/h4-8,10-14H,1,9H2,2-3H3. The van der Waals surface area contributed by atoms with Crippen LogP contribution in [-0.2, 0) is 0 Å². The van der Waals surface area contributed by atoms with Gasteiger partial charge in [-0.05, 0) is 42.0 Å². The summed E-state index contributed by atoms with van der Waals surface area (Å²) in [5, 5.41) is 0. The molecule has 0 bridgehead atoms. The molecule has 0 aliphatic rings. The van der Waals surface area contributed by atoms with E-state index in [1.54, 1.807) is 31.6 Å². The first-order chi connectivity index (χ1) is 13.2. The first-order valence-electron chi connectivity index (χ1n) is 8.35. The van der Waals surface area contributed by atoms with Gasteiger partial charge in [0.1, 0.15) is 18.1 Å². The Kier molecular flexibility index (Phi) is 5.61. The Morgan fingerprint density at radius 3 is 2.52 bits per heavy atom. The van der Waals surface area contributed by atoms with Crippen LogP contribution < -0.4 is 14.2 Å². The fourth-order valence-corrected chi connectivity index (χ4v) is 2.87. The van der Waals surface area contributed by atoms with E-state index in [0.717, 1.165) is 23.0 Å². The predicted molar refractivity (Wildman–Crippen MR) is 104 cm³/mol. The molecule has 1 heterocycles. The summed E-state index contributed by atoms with van der Waals surface area (Å²) in [6.07, 6.45) is 4.03. The number of benzene rings is 2. The van der Waals surface area contributed by atoms with Crippen LogP contribution in [0.4, 0.5) is 0 Å². The largest absolute Gasteiger partial charge is 0.495 e. The third kappa shape index (κ3) is 3.72. The van der Waals surface area contributed by atoms with Crippen molar-refractivity contribution in [1.29, 1.82) is 0 Å². The molecule has 0 N–H and O–H groups in total. The van der Waals surface area contributed by atoms with Crippen molar-refractivity contribution in [3.8, 4) is 39.7 Å². The fourth-order valence-electron chi connectivity index (χ4n) is 2.87. The van der Waals surface area contributed by atoms with Crippen LogP contribution in [0.5, 0.6) is 17.2 Å². The molecule has 0 spiro atoms. The fraction of sp³-hybridized carbons (Fsp3) is 0.136. The Morgan fingerprint density at radius 2 is 1.89 bits per heavy atom. The first kappa shape index (κ1) is 18.3. The maximum Gasteiger partial charge on any atom is 0.161 e. The second-order valence-corrected chi connectivity index (χ2v) is 5.71. The maximum atomic E-state index is 11.6. The molecule has 0 aliphatic heterocycles. The van der Waals surface area contributed by atoms with Crippen LogP contribution in [0.2, 0.25) is 0 Å². The van der Waals surface area contributed by atoms with Gasteiger partial charge in [0.2, 0.25) is 0 Å². The van der Waals surface area contributed by atoms with E-state index in [0.29, 0.717) is 35.2 Å². The van der Waals surface area contributed by atoms with E-state index in [2.05, 4.69) is 6.58 Å². The number of rotatable bonds is 8. The van der Waals surface area contributed by atoms with Gasteiger partial charge in [0.15, 0.2) is 17.8 Å². The highest BCUT2D eigenvalue weighted by atomic mass is 16.5. The Bertz CT molecular complexity index is 942. The zero-order chi connectivity index (χ0) is 19.2. The Labute approximate surface area is 157 Å². The number of hydrogen-bond acceptors (Lipinski definition) is 5. The third-order valence-electron chi connectivity index (χ3n) is 4.09. The predicted octanol–water partition coefficient (Wildman–Crippen LogP) is 5.01. The number of aldehydes is 1. The van der Waals surface area contributed by atoms with Crippen LogP contribution in [0.1, 0.15) is 10.4 Å². The maximum absolute atomic E-state index is 11.6. The molecule has 0 amide bonds. The minimum absolute atomic E-state index is 0.377. The number of ether oxygens (including phenoxy) is 3. The zero-order valence-corrected chi connectivity index (χ0v) is 15.2. The van der Waals surface area contributed by atoms with Gasteiger partial charge in [0.25, 0.3) is 0 Å². The van der Waals surface area contributed by atoms with Crippen LogP contribution >= 0.6 is 0 Å². The minimum Gasteiger partial charge on any atom is -0.495 e. The van der Waals surface area contributed by atoms with Gasteiger partial charge in [-0.3, -0.25) is 4.79 Å². The van der Waals surface area contributed by atoms with Gasteiger partial charge < -0.3 is 18.6 Å². The molecule has 27 heavy (non-hydrogen) atoms. The molecule has 5 nitrogen and oxygen atoms in total. The van der Waals surface area contributed by atoms with Crippen molar-refractivity contribution in [2.24, 2.45) is 0 Å². The number of hydrogen-bond donors (Lipinski definition) is 0. The minimum atomic E-state index is 0.377. The van der Waals surface area contributed by atoms with E-state index < -0.39 is 0 Å². The molecule has 1 aromatic heterocycles. The molecular formula is C22H20O5. The number of furan rings is 1. The summed E-state index contributed by atoms with van der Waals surface area (Å²) < 4.78 is 22.1. The van der Waals surface area contributed by atoms with Crippen molar-refractivity contribution in [3.05, 3.63) is 66.9 Å². The summed E-state index contributed by atoms with van der Waals surface area (Å²) in [6.45, 7) is 4.03. The summed E-state index contributed by atoms with van der Waals surface area (Å²) >= 11 is 0. The second kappa shape index (κ2) is 8.27. The van der Waals surface area contributed by atoms with Gasteiger partial charge in [-0.15, -0.1) is 0 Å². The lowest BCUT2D eigenvalue weighted by Gasteiger charge is -2.15. The molecule has 3 rings (SSSR count). The molecule has 0 saturated heterocycles. The van der Waals surface area contributed by atoms with Crippen molar-refractivity contribution >= 4 is 6.29 Å². The topological polar surface area (TPSA) is 57.9 Å². The lowest BCUT2D eigenvalue weighted by Crippen LogP contribution is -1.98. The molecule has 0 unspecified atom stereocenters. The van der Waals surface area contributed by atoms with E-state index in [1.807, 2.05) is 30.3 Å². The number of methoxy groups -OCH3 is 2. The van der Waals surface area contributed by atoms with E-state index in [1.165, 1.54) is 7.11 Å². The highest BCUT2D eigenvalue weighted by Gasteiger charge is 2.17. The number of carbonyl (C=O) groups excluding carboxylic acids is 1. The molecule has 2 aromatic carbocycles. The summed E-state index contributed by atoms with van der Waals surface area (Å²) in [5.74, 6) is 2.34. The molecule has 0 fully saturated rings. The molecule has 0 radical (unpaired) electrons. The number of carbonyl (C=O) groups is 1. The molecular weight excluding hydrogens is 344 g/mol. The smallest absolute Gasteiger partial charge is 0.161 e. The molecule has 0 saturated carbocycles. The van der Waals surface area contributed by atoms with Gasteiger partial charge in [0, 0.05) is 11.1 Å². The van der Waals surface area contributed by atoms with Gasteiger partial charge in [-0.2, -0.15) is 0 Å². The average Bonchev–Trinajstić information content (AvgIpc) is 3.25. The molecule has 138 valence electrons. The summed E-state index contributed by atoms with van der Waals surface area (Å²) in [7, 11) is 3.12. The Hall–Kier alpha value is -3.47. The molecule has 0 atom stereocenters. The normalized spacial score (nSPS) is 10.3. The van der Waals surface area contributed by atoms with Crippen molar-refractivity contribution in [3.63, 3.8) is 0 Å². The lowest BCUT2D eigenvalue weighted by molar-refractivity contribution is 0.112. The van der Waals surface area contributed by atoms with Gasteiger partial charge >= 0.3 is 0 Å². The quantitative estimate of drug-likeness (QED) is 0.415. The van der Waals surface area contributed by atoms with Crippen LogP contribution in [0, 0.1) is 0 Å². The SMILES string of the molecule is C=CCOc1ccc(-c2cc(-c3ccco3)cc(C=O)c2OC)cc1OC. The van der Waals surface area contributed by atoms with E-state index in [9.17, 15) is 4.79 Å². The average molecular weight is 364 g/mol. The van der Waals surface area contributed by atoms with Gasteiger partial charge in [0.05, 0.1) is 26.0 Å². The third-order valence-corrected chi connectivity index (χ3v) is 4.09.